The molecule has 0 aliphatic heterocycles. The second kappa shape index (κ2) is 11.8. The van der Waals surface area contributed by atoms with Crippen molar-refractivity contribution in [3.63, 3.8) is 0 Å². The van der Waals surface area contributed by atoms with Gasteiger partial charge in [-0.15, -0.1) is 0 Å². The molecule has 1 radical (unpaired) electrons. The van der Waals surface area contributed by atoms with Crippen molar-refractivity contribution in [2.45, 2.75) is 0 Å². The molecule has 0 atom stereocenters. The molecule has 0 rings (SSSR count). The molecule has 0 aliphatic carbocycles. The van der Waals surface area contributed by atoms with E-state index < -0.39 is 0 Å². The van der Waals surface area contributed by atoms with Crippen LogP contribution in [0.25, 0.3) is 5.01 Å². The third kappa shape index (κ3) is 2350. The van der Waals surface area contributed by atoms with E-state index in [0.717, 1.165) is 0 Å². The van der Waals surface area contributed by atoms with Crippen molar-refractivity contribution in [1.82, 2.24) is 0 Å². The molecule has 0 heterocycles. The van der Waals surface area contributed by atoms with Crippen LogP contribution < -0.4 is 0 Å². The molecule has 0 saturated carbocycles. The summed E-state index contributed by atoms with van der Waals surface area (Å²) in [5, 5.41) is 9.72. The summed E-state index contributed by atoms with van der Waals surface area (Å²) >= 11 is 0. The first-order chi connectivity index (χ1) is 1.41. The summed E-state index contributed by atoms with van der Waals surface area (Å²) in [5.41, 5.74) is 0. The molecule has 0 bridgehead atoms. The molecule has 0 spiro atoms. The number of nitrogens with zero attached hydrogens (tertiary/aromatic N) is 1. The molecule has 0 fully saturated rings. The van der Waals surface area contributed by atoms with Crippen LogP contribution in [0.15, 0.2) is 0 Å². The SMILES string of the molecule is [Au].[C-]#[N+][O-]. The van der Waals surface area contributed by atoms with Crippen LogP contribution in [-0.4, -0.2) is 0 Å². The molecule has 27 valence electrons. The van der Waals surface area contributed by atoms with Crippen LogP contribution in [-0.2, 0) is 22.4 Å². The maximum atomic E-state index is 8.22. The number of hydrogen-bond donors (Lipinski definition) is 0. The first-order valence-electron chi connectivity index (χ1n) is 0.406. The molecule has 3 heteroatoms. The molecule has 0 unspecified atom stereocenters. The van der Waals surface area contributed by atoms with Gasteiger partial charge in [0.25, 0.3) is 0 Å². The van der Waals surface area contributed by atoms with Gasteiger partial charge >= 0.3 is 0 Å². The molecule has 0 aliphatic rings. The summed E-state index contributed by atoms with van der Waals surface area (Å²) in [5.74, 6) is 0. The second-order valence-corrected chi connectivity index (χ2v) is 0.0913. The first-order valence-corrected chi connectivity index (χ1v) is 0.406. The average Bonchev–Trinajstić information content (AvgIpc) is 0.918. The van der Waals surface area contributed by atoms with Gasteiger partial charge in [0.1, 0.15) is 0 Å². The molecular weight excluding hydrogens is 239 g/mol. The Bertz CT molecular complexity index is 29.5. The van der Waals surface area contributed by atoms with E-state index in [0.29, 0.717) is 0 Å². The zero-order valence-corrected chi connectivity index (χ0v) is 3.82. The molecule has 2 nitrogen and oxygen atoms in total. The Balaban J connectivity index is 0. The fourth-order valence-corrected chi connectivity index (χ4v) is 0. The Labute approximate surface area is 39.7 Å². The zero-order chi connectivity index (χ0) is 2.71. The molecular formula is CAuNO-. The van der Waals surface area contributed by atoms with Crippen molar-refractivity contribution in [3.05, 3.63) is 16.8 Å². The minimum atomic E-state index is 0. The van der Waals surface area contributed by atoms with E-state index in [1.165, 1.54) is 5.01 Å². The molecule has 0 saturated heterocycles. The van der Waals surface area contributed by atoms with E-state index in [-0.39, 0.29) is 22.4 Å². The third-order valence-electron chi connectivity index (χ3n) is 0. The van der Waals surface area contributed by atoms with Crippen molar-refractivity contribution >= 4 is 0 Å². The van der Waals surface area contributed by atoms with E-state index in [9.17, 15) is 0 Å². The van der Waals surface area contributed by atoms with Crippen molar-refractivity contribution in [2.24, 2.45) is 0 Å². The van der Waals surface area contributed by atoms with Crippen LogP contribution in [0.5, 0.6) is 0 Å². The minimum absolute atomic E-state index is 0. The van der Waals surface area contributed by atoms with Crippen LogP contribution in [0, 0.1) is 11.8 Å². The van der Waals surface area contributed by atoms with Crippen molar-refractivity contribution < 1.29 is 22.4 Å². The van der Waals surface area contributed by atoms with Crippen LogP contribution >= 0.6 is 0 Å². The first kappa shape index (κ1) is 8.98. The van der Waals surface area contributed by atoms with Gasteiger partial charge in [-0.05, 0) is 0 Å². The second-order valence-electron chi connectivity index (χ2n) is 0.0913. The Hall–Kier alpha value is 0.0303. The molecule has 0 aromatic carbocycles. The summed E-state index contributed by atoms with van der Waals surface area (Å²) in [6.07, 6.45) is 0. The van der Waals surface area contributed by atoms with Crippen molar-refractivity contribution in [3.8, 4) is 0 Å². The van der Waals surface area contributed by atoms with E-state index in [1.807, 2.05) is 0 Å². The maximum absolute atomic E-state index is 8.22. The van der Waals surface area contributed by atoms with Gasteiger partial charge in [-0.25, -0.2) is 6.57 Å². The standard InChI is InChI=1S/CNO.Au/c1-2-3;/q-1;. The number of hydrogen-bond acceptors (Lipinski definition) is 1. The zero-order valence-electron chi connectivity index (χ0n) is 1.66. The Morgan fingerprint density at radius 3 is 1.75 bits per heavy atom. The minimum Gasteiger partial charge on any atom is -0.539 e. The van der Waals surface area contributed by atoms with Crippen LogP contribution in [0.4, 0.5) is 0 Å². The number of rotatable bonds is 0. The largest absolute Gasteiger partial charge is 0.539 e. The van der Waals surface area contributed by atoms with Crippen LogP contribution in [0.1, 0.15) is 0 Å². The van der Waals surface area contributed by atoms with Gasteiger partial charge < -0.3 is 5.21 Å². The van der Waals surface area contributed by atoms with Gasteiger partial charge in [-0.3, -0.25) is 5.01 Å². The molecule has 4 heavy (non-hydrogen) atoms. The van der Waals surface area contributed by atoms with Crippen molar-refractivity contribution in [1.29, 1.82) is 0 Å². The van der Waals surface area contributed by atoms with Crippen LogP contribution in [0.3, 0.4) is 0 Å². The monoisotopic (exact) mass is 239 g/mol. The smallest absolute Gasteiger partial charge is 0 e. The maximum Gasteiger partial charge on any atom is 0 e. The summed E-state index contributed by atoms with van der Waals surface area (Å²) in [7, 11) is 0. The summed E-state index contributed by atoms with van der Waals surface area (Å²) in [4.78, 5) is 0. The molecule has 0 aromatic rings. The van der Waals surface area contributed by atoms with Gasteiger partial charge in [0.2, 0.25) is 0 Å². The predicted molar refractivity (Wildman–Crippen MR) is 9.97 cm³/mol. The Kier molecular flexibility index (Phi) is 26.4. The van der Waals surface area contributed by atoms with E-state index >= 15 is 0 Å². The Morgan fingerprint density at radius 2 is 1.75 bits per heavy atom. The van der Waals surface area contributed by atoms with Gasteiger partial charge in [-0.2, -0.15) is 0 Å². The fraction of sp³-hybridized carbons (Fsp3) is 0. The van der Waals surface area contributed by atoms with Gasteiger partial charge in [0.05, 0.1) is 0 Å². The molecule has 0 amide bonds. The van der Waals surface area contributed by atoms with Crippen LogP contribution in [0.2, 0.25) is 0 Å². The van der Waals surface area contributed by atoms with Crippen molar-refractivity contribution in [2.75, 3.05) is 0 Å². The molecule has 0 N–H and O–H groups in total. The Morgan fingerprint density at radius 1 is 1.75 bits per heavy atom. The van der Waals surface area contributed by atoms with E-state index in [2.05, 4.69) is 0 Å². The fourth-order valence-electron chi connectivity index (χ4n) is 0. The molecule has 0 aromatic heterocycles. The summed E-state index contributed by atoms with van der Waals surface area (Å²) in [6, 6.07) is 0. The van der Waals surface area contributed by atoms with Gasteiger partial charge in [0, 0.05) is 22.4 Å². The average molecular weight is 239 g/mol. The van der Waals surface area contributed by atoms with E-state index in [1.54, 1.807) is 0 Å². The van der Waals surface area contributed by atoms with Gasteiger partial charge in [0.15, 0.2) is 0 Å². The predicted octanol–water partition coefficient (Wildman–Crippen LogP) is 0.401. The summed E-state index contributed by atoms with van der Waals surface area (Å²) < 4.78 is 0. The quantitative estimate of drug-likeness (QED) is 0.341. The topological polar surface area (TPSA) is 27.4 Å². The third-order valence-corrected chi connectivity index (χ3v) is 0. The normalized spacial score (nSPS) is 1.75. The van der Waals surface area contributed by atoms with Gasteiger partial charge in [-0.1, -0.05) is 0 Å². The van der Waals surface area contributed by atoms with E-state index in [4.69, 9.17) is 11.8 Å². The summed E-state index contributed by atoms with van der Waals surface area (Å²) in [6.45, 7) is 5.28.